The molecule has 0 radical (unpaired) electrons. The molecule has 0 N–H and O–H groups in total. The van der Waals surface area contributed by atoms with Gasteiger partial charge in [0.1, 0.15) is 12.4 Å². The Morgan fingerprint density at radius 1 is 1.06 bits per heavy atom. The number of fused-ring (bicyclic) bond motifs is 5. The van der Waals surface area contributed by atoms with Crippen molar-refractivity contribution in [3.63, 3.8) is 0 Å². The van der Waals surface area contributed by atoms with Crippen molar-refractivity contribution in [1.29, 1.82) is 0 Å². The van der Waals surface area contributed by atoms with Crippen LogP contribution < -0.4 is 0 Å². The van der Waals surface area contributed by atoms with Gasteiger partial charge in [0.25, 0.3) is 0 Å². The molecule has 0 bridgehead atoms. The summed E-state index contributed by atoms with van der Waals surface area (Å²) in [5.41, 5.74) is 0.160. The summed E-state index contributed by atoms with van der Waals surface area (Å²) in [7, 11) is 1.47. The third-order valence-electron chi connectivity index (χ3n) is 11.0. The molecule has 186 valence electrons. The number of aldehydes is 1. The molecule has 0 spiro atoms. The molecule has 4 saturated carbocycles. The molecule has 0 saturated heterocycles. The topological polar surface area (TPSA) is 69.7 Å². The predicted octanol–water partition coefficient (Wildman–Crippen LogP) is 5.59. The number of ether oxygens (including phenoxy) is 2. The average Bonchev–Trinajstić information content (AvgIpc) is 3.14. The minimum Gasteiger partial charge on any atom is -0.469 e. The largest absolute Gasteiger partial charge is 0.469 e. The highest BCUT2D eigenvalue weighted by Crippen LogP contribution is 2.69. The first-order chi connectivity index (χ1) is 15.7. The normalized spacial score (nSPS) is 45.2. The molecule has 4 fully saturated rings. The third-order valence-corrected chi connectivity index (χ3v) is 11.0. The van der Waals surface area contributed by atoms with Crippen molar-refractivity contribution in [3.05, 3.63) is 0 Å². The lowest BCUT2D eigenvalue weighted by Crippen LogP contribution is -2.61. The molecule has 4 aliphatic carbocycles. The highest BCUT2D eigenvalue weighted by Gasteiger charge is 2.64. The number of rotatable bonds is 6. The number of hydrogen-bond acceptors (Lipinski definition) is 5. The van der Waals surface area contributed by atoms with Crippen molar-refractivity contribution in [2.24, 2.45) is 52.3 Å². The molecular formula is C28H44O5. The maximum Gasteiger partial charge on any atom is 0.305 e. The average molecular weight is 461 g/mol. The molecule has 0 aromatic rings. The Kier molecular flexibility index (Phi) is 7.00. The quantitative estimate of drug-likeness (QED) is 0.382. The summed E-state index contributed by atoms with van der Waals surface area (Å²) in [6.45, 7) is 8.69. The Bertz CT molecular complexity index is 763. The maximum atomic E-state index is 12.3. The SMILES string of the molecule is COC(=O)CC[C@@H](C)[C@H]1CC[C@H]2[C@@H]3CC(C=O)[C@@H]4CCCC(OC(C)=O)[C@]4(C)[C@H]3CC[C@]12C. The van der Waals surface area contributed by atoms with Crippen LogP contribution in [-0.4, -0.2) is 31.4 Å². The van der Waals surface area contributed by atoms with Crippen molar-refractivity contribution in [3.8, 4) is 0 Å². The highest BCUT2D eigenvalue weighted by atomic mass is 16.5. The van der Waals surface area contributed by atoms with E-state index in [1.807, 2.05) is 0 Å². The third kappa shape index (κ3) is 4.05. The van der Waals surface area contributed by atoms with Crippen LogP contribution in [0.5, 0.6) is 0 Å². The predicted molar refractivity (Wildman–Crippen MR) is 126 cm³/mol. The van der Waals surface area contributed by atoms with Gasteiger partial charge in [-0.1, -0.05) is 20.8 Å². The Hall–Kier alpha value is -1.39. The number of carbonyl (C=O) groups excluding carboxylic acids is 3. The van der Waals surface area contributed by atoms with Gasteiger partial charge >= 0.3 is 11.9 Å². The van der Waals surface area contributed by atoms with E-state index in [0.29, 0.717) is 41.9 Å². The molecule has 10 atom stereocenters. The van der Waals surface area contributed by atoms with E-state index >= 15 is 0 Å². The molecule has 5 nitrogen and oxygen atoms in total. The van der Waals surface area contributed by atoms with Crippen molar-refractivity contribution < 1.29 is 23.9 Å². The molecule has 0 amide bonds. The molecule has 0 aromatic heterocycles. The first-order valence-electron chi connectivity index (χ1n) is 13.4. The van der Waals surface area contributed by atoms with Crippen molar-refractivity contribution in [2.75, 3.05) is 7.11 Å². The second-order valence-corrected chi connectivity index (χ2v) is 12.2. The van der Waals surface area contributed by atoms with Crippen LogP contribution in [0.25, 0.3) is 0 Å². The fourth-order valence-corrected chi connectivity index (χ4v) is 9.60. The smallest absolute Gasteiger partial charge is 0.305 e. The van der Waals surface area contributed by atoms with E-state index < -0.39 is 0 Å². The van der Waals surface area contributed by atoms with Gasteiger partial charge in [0.05, 0.1) is 7.11 Å². The van der Waals surface area contributed by atoms with Crippen LogP contribution >= 0.6 is 0 Å². The number of methoxy groups -OCH3 is 1. The van der Waals surface area contributed by atoms with Crippen molar-refractivity contribution in [2.45, 2.75) is 98.0 Å². The minimum atomic E-state index is -0.187. The van der Waals surface area contributed by atoms with Gasteiger partial charge < -0.3 is 14.3 Å². The summed E-state index contributed by atoms with van der Waals surface area (Å²) in [4.78, 5) is 36.1. The Morgan fingerprint density at radius 2 is 1.82 bits per heavy atom. The Morgan fingerprint density at radius 3 is 2.48 bits per heavy atom. The molecule has 33 heavy (non-hydrogen) atoms. The van der Waals surface area contributed by atoms with Crippen LogP contribution in [0.1, 0.15) is 91.9 Å². The summed E-state index contributed by atoms with van der Waals surface area (Å²) in [5.74, 6) is 2.87. The highest BCUT2D eigenvalue weighted by molar-refractivity contribution is 5.69. The van der Waals surface area contributed by atoms with E-state index in [2.05, 4.69) is 20.8 Å². The second-order valence-electron chi connectivity index (χ2n) is 12.2. The van der Waals surface area contributed by atoms with Crippen LogP contribution in [0.15, 0.2) is 0 Å². The molecule has 4 rings (SSSR count). The van der Waals surface area contributed by atoms with Gasteiger partial charge in [0, 0.05) is 24.7 Å². The fraction of sp³-hybridized carbons (Fsp3) is 0.893. The van der Waals surface area contributed by atoms with Crippen LogP contribution in [0.2, 0.25) is 0 Å². The fourth-order valence-electron chi connectivity index (χ4n) is 9.60. The summed E-state index contributed by atoms with van der Waals surface area (Å²) >= 11 is 0. The number of esters is 2. The van der Waals surface area contributed by atoms with Crippen LogP contribution in [0, 0.1) is 52.3 Å². The van der Waals surface area contributed by atoms with Gasteiger partial charge in [-0.2, -0.15) is 0 Å². The van der Waals surface area contributed by atoms with E-state index in [1.54, 1.807) is 0 Å². The number of carbonyl (C=O) groups is 3. The molecule has 0 aromatic carbocycles. The zero-order valence-corrected chi connectivity index (χ0v) is 21.3. The molecule has 0 aliphatic heterocycles. The molecule has 2 unspecified atom stereocenters. The Labute approximate surface area is 199 Å². The maximum absolute atomic E-state index is 12.3. The lowest BCUT2D eigenvalue weighted by Gasteiger charge is -2.63. The monoisotopic (exact) mass is 460 g/mol. The standard InChI is InChI=1S/C28H44O5/c1-17(9-12-26(31)32-5)21-10-11-23-20-15-19(16-29)22-7-6-8-25(33-18(2)30)28(22,4)24(20)13-14-27(21,23)3/h16-17,19-25H,6-15H2,1-5H3/t17-,19?,20+,21-,22+,23+,24+,25?,27-,28+/m1/s1. The Balaban J connectivity index is 1.60. The van der Waals surface area contributed by atoms with Crippen LogP contribution in [0.3, 0.4) is 0 Å². The van der Waals surface area contributed by atoms with Crippen molar-refractivity contribution in [1.82, 2.24) is 0 Å². The van der Waals surface area contributed by atoms with Gasteiger partial charge in [0.15, 0.2) is 0 Å². The first-order valence-corrected chi connectivity index (χ1v) is 13.4. The van der Waals surface area contributed by atoms with Gasteiger partial charge in [0.2, 0.25) is 0 Å². The van der Waals surface area contributed by atoms with E-state index in [-0.39, 0.29) is 34.8 Å². The first kappa shape index (κ1) is 24.7. The lowest BCUT2D eigenvalue weighted by atomic mass is 9.42. The van der Waals surface area contributed by atoms with E-state index in [4.69, 9.17) is 9.47 Å². The molecular weight excluding hydrogens is 416 g/mol. The zero-order valence-electron chi connectivity index (χ0n) is 21.3. The second kappa shape index (κ2) is 9.34. The zero-order chi connectivity index (χ0) is 24.0. The van der Waals surface area contributed by atoms with Gasteiger partial charge in [-0.3, -0.25) is 9.59 Å². The lowest BCUT2D eigenvalue weighted by molar-refractivity contribution is -0.200. The van der Waals surface area contributed by atoms with Crippen molar-refractivity contribution >= 4 is 18.2 Å². The summed E-state index contributed by atoms with van der Waals surface area (Å²) in [5, 5.41) is 0. The molecule has 4 aliphatic rings. The van der Waals surface area contributed by atoms with Gasteiger partial charge in [-0.15, -0.1) is 0 Å². The molecule has 0 heterocycles. The van der Waals surface area contributed by atoms with E-state index in [9.17, 15) is 14.4 Å². The summed E-state index contributed by atoms with van der Waals surface area (Å²) in [6.07, 6.45) is 11.4. The van der Waals surface area contributed by atoms with Gasteiger partial charge in [-0.25, -0.2) is 0 Å². The summed E-state index contributed by atoms with van der Waals surface area (Å²) in [6, 6.07) is 0. The van der Waals surface area contributed by atoms with Crippen LogP contribution in [0.4, 0.5) is 0 Å². The summed E-state index contributed by atoms with van der Waals surface area (Å²) < 4.78 is 10.8. The van der Waals surface area contributed by atoms with Gasteiger partial charge in [-0.05, 0) is 98.7 Å². The minimum absolute atomic E-state index is 0.0652. The molecule has 5 heteroatoms. The van der Waals surface area contributed by atoms with E-state index in [1.165, 1.54) is 39.6 Å². The van der Waals surface area contributed by atoms with E-state index in [0.717, 1.165) is 38.5 Å². The number of hydrogen-bond donors (Lipinski definition) is 0. The van der Waals surface area contributed by atoms with Crippen LogP contribution in [-0.2, 0) is 23.9 Å².